The number of aliphatic carboxylic acids is 1. The molecule has 35 heavy (non-hydrogen) atoms. The number of hydrogen-bond acceptors (Lipinski definition) is 3. The highest BCUT2D eigenvalue weighted by atomic mass is 35.5. The van der Waals surface area contributed by atoms with Crippen LogP contribution in [0, 0.1) is 11.3 Å². The molecular weight excluding hydrogens is 485 g/mol. The summed E-state index contributed by atoms with van der Waals surface area (Å²) in [6, 6.07) is 14.3. The van der Waals surface area contributed by atoms with Crippen molar-refractivity contribution in [2.24, 2.45) is 11.3 Å². The number of carbonyl (C=O) groups excluding carboxylic acids is 1. The summed E-state index contributed by atoms with van der Waals surface area (Å²) in [5.41, 5.74) is -0.310. The van der Waals surface area contributed by atoms with E-state index in [1.54, 1.807) is 39.0 Å². The molecule has 3 rings (SSSR count). The molecule has 1 heterocycles. The van der Waals surface area contributed by atoms with Gasteiger partial charge in [-0.1, -0.05) is 68.2 Å². The molecule has 2 N–H and O–H groups in total. The Labute approximate surface area is 218 Å². The summed E-state index contributed by atoms with van der Waals surface area (Å²) in [4.78, 5) is 28.0. The van der Waals surface area contributed by atoms with Crippen LogP contribution in [0.4, 0.5) is 0 Å². The van der Waals surface area contributed by atoms with Crippen LogP contribution < -0.4 is 0 Å². The Hall–Kier alpha value is -2.08. The third kappa shape index (κ3) is 5.84. The highest BCUT2D eigenvalue weighted by Crippen LogP contribution is 2.53. The monoisotopic (exact) mass is 519 g/mol. The smallest absolute Gasteiger partial charge is 0.304 e. The van der Waals surface area contributed by atoms with Crippen LogP contribution in [0.15, 0.2) is 48.5 Å². The molecule has 2 aromatic rings. The summed E-state index contributed by atoms with van der Waals surface area (Å²) in [5, 5.41) is 21.8. The first kappa shape index (κ1) is 27.5. The van der Waals surface area contributed by atoms with E-state index < -0.39 is 17.0 Å². The number of carboxylic acid groups (broad SMARTS) is 1. The molecule has 7 heteroatoms. The van der Waals surface area contributed by atoms with E-state index in [0.717, 1.165) is 11.1 Å². The molecule has 5 unspecified atom stereocenters. The molecule has 0 spiro atoms. The fraction of sp³-hybridized carbons (Fsp3) is 0.500. The maximum Gasteiger partial charge on any atom is 0.304 e. The van der Waals surface area contributed by atoms with Crippen molar-refractivity contribution in [2.45, 2.75) is 77.5 Å². The minimum Gasteiger partial charge on any atom is -0.481 e. The molecular formula is C28H35Cl2NO4. The van der Waals surface area contributed by atoms with Crippen LogP contribution in [0.5, 0.6) is 0 Å². The first-order valence-corrected chi connectivity index (χ1v) is 12.8. The van der Waals surface area contributed by atoms with Gasteiger partial charge in [0.25, 0.3) is 0 Å². The predicted molar refractivity (Wildman–Crippen MR) is 140 cm³/mol. The highest BCUT2D eigenvalue weighted by molar-refractivity contribution is 6.30. The minimum atomic E-state index is -1.12. The normalized spacial score (nSPS) is 24.8. The summed E-state index contributed by atoms with van der Waals surface area (Å²) in [6.45, 7) is 9.18. The lowest BCUT2D eigenvalue weighted by Crippen LogP contribution is -2.59. The van der Waals surface area contributed by atoms with Crippen molar-refractivity contribution in [1.29, 1.82) is 0 Å². The summed E-state index contributed by atoms with van der Waals surface area (Å²) < 4.78 is 0. The van der Waals surface area contributed by atoms with E-state index in [-0.39, 0.29) is 36.2 Å². The van der Waals surface area contributed by atoms with Crippen LogP contribution in [0.25, 0.3) is 0 Å². The maximum atomic E-state index is 14.2. The number of piperidine rings is 1. The van der Waals surface area contributed by atoms with Gasteiger partial charge in [0.1, 0.15) is 0 Å². The summed E-state index contributed by atoms with van der Waals surface area (Å²) in [5.74, 6) is -1.70. The van der Waals surface area contributed by atoms with Crippen molar-refractivity contribution in [3.05, 3.63) is 69.7 Å². The van der Waals surface area contributed by atoms with Gasteiger partial charge in [-0.25, -0.2) is 0 Å². The van der Waals surface area contributed by atoms with Gasteiger partial charge in [-0.3, -0.25) is 9.59 Å². The molecule has 190 valence electrons. The van der Waals surface area contributed by atoms with Crippen molar-refractivity contribution in [3.8, 4) is 0 Å². The number of carboxylic acids is 1. The molecule has 5 atom stereocenters. The zero-order valence-corrected chi connectivity index (χ0v) is 22.5. The second-order valence-corrected chi connectivity index (χ2v) is 11.5. The van der Waals surface area contributed by atoms with Crippen molar-refractivity contribution >= 4 is 35.1 Å². The van der Waals surface area contributed by atoms with Gasteiger partial charge >= 0.3 is 5.97 Å². The lowest BCUT2D eigenvalue weighted by atomic mass is 9.66. The van der Waals surface area contributed by atoms with Gasteiger partial charge in [0.15, 0.2) is 0 Å². The number of rotatable bonds is 8. The van der Waals surface area contributed by atoms with Gasteiger partial charge in [-0.2, -0.15) is 0 Å². The molecule has 5 nitrogen and oxygen atoms in total. The van der Waals surface area contributed by atoms with E-state index in [2.05, 4.69) is 0 Å². The van der Waals surface area contributed by atoms with Crippen molar-refractivity contribution in [3.63, 3.8) is 0 Å². The maximum absolute atomic E-state index is 14.2. The molecule has 1 aliphatic heterocycles. The SMILES string of the molecule is CCC(C(C)C(C)(C)O)N1C(=O)C(C)(CC(=O)O)CC(c2cccc(Cl)c2)C1c1ccc(Cl)cc1. The Kier molecular flexibility index (Phi) is 8.25. The van der Waals surface area contributed by atoms with Crippen LogP contribution in [0.3, 0.4) is 0 Å². The van der Waals surface area contributed by atoms with Gasteiger partial charge in [-0.15, -0.1) is 0 Å². The zero-order valence-electron chi connectivity index (χ0n) is 21.0. The largest absolute Gasteiger partial charge is 0.481 e. The molecule has 1 saturated heterocycles. The first-order chi connectivity index (χ1) is 16.3. The lowest BCUT2D eigenvalue weighted by Gasteiger charge is -2.54. The molecule has 1 fully saturated rings. The van der Waals surface area contributed by atoms with E-state index in [4.69, 9.17) is 23.2 Å². The second-order valence-electron chi connectivity index (χ2n) is 10.6. The fourth-order valence-corrected chi connectivity index (χ4v) is 5.83. The Bertz CT molecular complexity index is 1070. The number of halogens is 2. The third-order valence-corrected chi connectivity index (χ3v) is 8.09. The lowest BCUT2D eigenvalue weighted by molar-refractivity contribution is -0.164. The van der Waals surface area contributed by atoms with E-state index in [1.165, 1.54) is 0 Å². The van der Waals surface area contributed by atoms with E-state index in [9.17, 15) is 19.8 Å². The number of carbonyl (C=O) groups is 2. The molecule has 0 aromatic heterocycles. The van der Waals surface area contributed by atoms with E-state index in [0.29, 0.717) is 22.9 Å². The van der Waals surface area contributed by atoms with Gasteiger partial charge < -0.3 is 15.1 Å². The molecule has 0 radical (unpaired) electrons. The van der Waals surface area contributed by atoms with Gasteiger partial charge in [-0.05, 0) is 62.1 Å². The predicted octanol–water partition coefficient (Wildman–Crippen LogP) is 6.72. The highest BCUT2D eigenvalue weighted by Gasteiger charge is 2.53. The third-order valence-electron chi connectivity index (χ3n) is 7.60. The second kappa shape index (κ2) is 10.5. The molecule has 1 amide bonds. The first-order valence-electron chi connectivity index (χ1n) is 12.1. The van der Waals surface area contributed by atoms with Crippen LogP contribution in [0.1, 0.15) is 77.0 Å². The van der Waals surface area contributed by atoms with Gasteiger partial charge in [0.2, 0.25) is 5.91 Å². The molecule has 0 saturated carbocycles. The standard InChI is InChI=1S/C28H35Cl2NO4/c1-6-23(17(2)27(3,4)35)31-25(18-10-12-20(29)13-11-18)22(19-8-7-9-21(30)14-19)15-28(5,26(31)34)16-24(32)33/h7-14,17,22-23,25,35H,6,15-16H2,1-5H3,(H,32,33). The van der Waals surface area contributed by atoms with E-state index in [1.807, 2.05) is 49.1 Å². The Balaban J connectivity index is 2.28. The molecule has 2 aromatic carbocycles. The Morgan fingerprint density at radius 1 is 1.14 bits per heavy atom. The average Bonchev–Trinajstić information content (AvgIpc) is 2.76. The Morgan fingerprint density at radius 3 is 2.29 bits per heavy atom. The number of aliphatic hydroxyl groups is 1. The quantitative estimate of drug-likeness (QED) is 0.405. The number of nitrogens with zero attached hydrogens (tertiary/aromatic N) is 1. The number of amides is 1. The van der Waals surface area contributed by atoms with Crippen LogP contribution >= 0.6 is 23.2 Å². The van der Waals surface area contributed by atoms with E-state index >= 15 is 0 Å². The van der Waals surface area contributed by atoms with Gasteiger partial charge in [0.05, 0.1) is 23.5 Å². The summed E-state index contributed by atoms with van der Waals surface area (Å²) >= 11 is 12.6. The van der Waals surface area contributed by atoms with Crippen molar-refractivity contribution in [2.75, 3.05) is 0 Å². The molecule has 0 aliphatic carbocycles. The minimum absolute atomic E-state index is 0.207. The summed E-state index contributed by atoms with van der Waals surface area (Å²) in [7, 11) is 0. The number of likely N-dealkylation sites (tertiary alicyclic amines) is 1. The Morgan fingerprint density at radius 2 is 1.77 bits per heavy atom. The summed E-state index contributed by atoms with van der Waals surface area (Å²) in [6.07, 6.45) is 0.683. The number of hydrogen-bond donors (Lipinski definition) is 2. The van der Waals surface area contributed by atoms with Crippen LogP contribution in [0.2, 0.25) is 10.0 Å². The number of benzene rings is 2. The zero-order chi connectivity index (χ0) is 26.1. The van der Waals surface area contributed by atoms with Crippen molar-refractivity contribution in [1.82, 2.24) is 4.90 Å². The topological polar surface area (TPSA) is 77.8 Å². The molecule has 1 aliphatic rings. The van der Waals surface area contributed by atoms with Gasteiger partial charge in [0, 0.05) is 27.9 Å². The average molecular weight is 520 g/mol. The van der Waals surface area contributed by atoms with Crippen LogP contribution in [-0.2, 0) is 9.59 Å². The van der Waals surface area contributed by atoms with Crippen LogP contribution in [-0.4, -0.2) is 38.6 Å². The van der Waals surface area contributed by atoms with Crippen molar-refractivity contribution < 1.29 is 19.8 Å². The molecule has 0 bridgehead atoms. The fourth-order valence-electron chi connectivity index (χ4n) is 5.51.